The molecule has 0 aromatic rings. The van der Waals surface area contributed by atoms with Gasteiger partial charge in [0.15, 0.2) is 0 Å². The fraction of sp³-hybridized carbons (Fsp3) is 0.857. The standard InChI is InChI=1S/C7H12ClNO2/c1-5(8)9-4-2-3-6(9)7(10)11/h5-6H,2-4H2,1H3,(H,10,11)/t5-,6-/m0/s1. The van der Waals surface area contributed by atoms with Crippen LogP contribution in [0.1, 0.15) is 19.8 Å². The zero-order chi connectivity index (χ0) is 8.43. The number of halogens is 1. The summed E-state index contributed by atoms with van der Waals surface area (Å²) in [7, 11) is 0. The van der Waals surface area contributed by atoms with Gasteiger partial charge in [-0.2, -0.15) is 0 Å². The molecule has 1 aliphatic rings. The van der Waals surface area contributed by atoms with Gasteiger partial charge in [-0.15, -0.1) is 11.6 Å². The van der Waals surface area contributed by atoms with Crippen LogP contribution in [-0.2, 0) is 4.79 Å². The minimum Gasteiger partial charge on any atom is -0.480 e. The van der Waals surface area contributed by atoms with Crippen molar-refractivity contribution in [1.29, 1.82) is 0 Å². The first-order valence-electron chi connectivity index (χ1n) is 3.75. The molecule has 2 atom stereocenters. The Morgan fingerprint density at radius 3 is 2.82 bits per heavy atom. The number of rotatable bonds is 2. The van der Waals surface area contributed by atoms with Crippen LogP contribution in [0, 0.1) is 0 Å². The topological polar surface area (TPSA) is 40.5 Å². The molecule has 1 saturated heterocycles. The van der Waals surface area contributed by atoms with Crippen molar-refractivity contribution in [2.75, 3.05) is 6.54 Å². The largest absolute Gasteiger partial charge is 0.480 e. The number of alkyl halides is 1. The quantitative estimate of drug-likeness (QED) is 0.508. The zero-order valence-electron chi connectivity index (χ0n) is 6.46. The monoisotopic (exact) mass is 177 g/mol. The van der Waals surface area contributed by atoms with E-state index in [1.54, 1.807) is 0 Å². The van der Waals surface area contributed by atoms with Crippen LogP contribution < -0.4 is 0 Å². The van der Waals surface area contributed by atoms with Crippen LogP contribution in [0.4, 0.5) is 0 Å². The highest BCUT2D eigenvalue weighted by atomic mass is 35.5. The van der Waals surface area contributed by atoms with Crippen molar-refractivity contribution in [2.24, 2.45) is 0 Å². The summed E-state index contributed by atoms with van der Waals surface area (Å²) < 4.78 is 0. The summed E-state index contributed by atoms with van der Waals surface area (Å²) in [4.78, 5) is 12.4. The van der Waals surface area contributed by atoms with Gasteiger partial charge in [-0.25, -0.2) is 0 Å². The molecule has 0 spiro atoms. The summed E-state index contributed by atoms with van der Waals surface area (Å²) >= 11 is 5.79. The summed E-state index contributed by atoms with van der Waals surface area (Å²) in [6.07, 6.45) is 1.67. The SMILES string of the molecule is C[C@@H](Cl)N1CCC[C@H]1C(=O)O. The number of hydrogen-bond acceptors (Lipinski definition) is 2. The summed E-state index contributed by atoms with van der Waals surface area (Å²) in [6.45, 7) is 2.62. The Morgan fingerprint density at radius 2 is 2.45 bits per heavy atom. The second-order valence-electron chi connectivity index (χ2n) is 2.81. The number of aliphatic carboxylic acids is 1. The van der Waals surface area contributed by atoms with Crippen LogP contribution >= 0.6 is 11.6 Å². The van der Waals surface area contributed by atoms with Crippen molar-refractivity contribution < 1.29 is 9.90 Å². The molecule has 4 heteroatoms. The number of carboxylic acids is 1. The maximum absolute atomic E-state index is 10.6. The zero-order valence-corrected chi connectivity index (χ0v) is 7.21. The van der Waals surface area contributed by atoms with Gasteiger partial charge in [-0.1, -0.05) is 0 Å². The number of nitrogens with zero attached hydrogens (tertiary/aromatic N) is 1. The van der Waals surface area contributed by atoms with Gasteiger partial charge < -0.3 is 5.11 Å². The second kappa shape index (κ2) is 3.41. The highest BCUT2D eigenvalue weighted by molar-refractivity contribution is 6.20. The van der Waals surface area contributed by atoms with Crippen LogP contribution in [0.3, 0.4) is 0 Å². The van der Waals surface area contributed by atoms with Crippen molar-refractivity contribution in [3.05, 3.63) is 0 Å². The Hall–Kier alpha value is -0.280. The highest BCUT2D eigenvalue weighted by Gasteiger charge is 2.32. The molecule has 64 valence electrons. The first-order valence-corrected chi connectivity index (χ1v) is 4.19. The number of carbonyl (C=O) groups is 1. The van der Waals surface area contributed by atoms with Crippen LogP contribution in [0.15, 0.2) is 0 Å². The molecular formula is C7H12ClNO2. The molecule has 0 bridgehead atoms. The molecule has 0 aromatic carbocycles. The smallest absolute Gasteiger partial charge is 0.320 e. The van der Waals surface area contributed by atoms with E-state index in [1.165, 1.54) is 0 Å². The van der Waals surface area contributed by atoms with E-state index in [-0.39, 0.29) is 11.5 Å². The van der Waals surface area contributed by atoms with Crippen molar-refractivity contribution >= 4 is 17.6 Å². The summed E-state index contributed by atoms with van der Waals surface area (Å²) in [5, 5.41) is 8.73. The molecule has 1 aliphatic heterocycles. The first kappa shape index (κ1) is 8.81. The van der Waals surface area contributed by atoms with Crippen LogP contribution in [0.25, 0.3) is 0 Å². The van der Waals surface area contributed by atoms with Gasteiger partial charge in [-0.3, -0.25) is 9.69 Å². The number of hydrogen-bond donors (Lipinski definition) is 1. The Balaban J connectivity index is 2.58. The predicted octanol–water partition coefficient (Wildman–Crippen LogP) is 1.12. The molecular weight excluding hydrogens is 166 g/mol. The lowest BCUT2D eigenvalue weighted by Crippen LogP contribution is -2.39. The van der Waals surface area contributed by atoms with Crippen molar-refractivity contribution in [3.63, 3.8) is 0 Å². The molecule has 0 saturated carbocycles. The van der Waals surface area contributed by atoms with E-state index in [2.05, 4.69) is 0 Å². The Morgan fingerprint density at radius 1 is 1.82 bits per heavy atom. The number of likely N-dealkylation sites (tertiary alicyclic amines) is 1. The van der Waals surface area contributed by atoms with Gasteiger partial charge in [0.05, 0.1) is 5.50 Å². The van der Waals surface area contributed by atoms with Crippen LogP contribution in [0.5, 0.6) is 0 Å². The lowest BCUT2D eigenvalue weighted by Gasteiger charge is -2.22. The Bertz CT molecular complexity index is 161. The summed E-state index contributed by atoms with van der Waals surface area (Å²) in [5.74, 6) is -0.755. The molecule has 3 nitrogen and oxygen atoms in total. The lowest BCUT2D eigenvalue weighted by molar-refractivity contribution is -0.142. The van der Waals surface area contributed by atoms with Gasteiger partial charge in [0.1, 0.15) is 6.04 Å². The van der Waals surface area contributed by atoms with E-state index in [9.17, 15) is 4.79 Å². The molecule has 0 amide bonds. The fourth-order valence-corrected chi connectivity index (χ4v) is 1.71. The normalized spacial score (nSPS) is 28.7. The lowest BCUT2D eigenvalue weighted by atomic mass is 10.2. The maximum atomic E-state index is 10.6. The van der Waals surface area contributed by atoms with Crippen molar-refractivity contribution in [2.45, 2.75) is 31.3 Å². The summed E-state index contributed by atoms with van der Waals surface area (Å²) in [6, 6.07) is -0.359. The molecule has 1 rings (SSSR count). The van der Waals surface area contributed by atoms with Crippen molar-refractivity contribution in [3.8, 4) is 0 Å². The van der Waals surface area contributed by atoms with Gasteiger partial charge in [0.25, 0.3) is 0 Å². The minimum atomic E-state index is -0.755. The third-order valence-electron chi connectivity index (χ3n) is 2.04. The van der Waals surface area contributed by atoms with Gasteiger partial charge in [0.2, 0.25) is 0 Å². The van der Waals surface area contributed by atoms with E-state index in [0.717, 1.165) is 19.4 Å². The fourth-order valence-electron chi connectivity index (χ4n) is 1.48. The van der Waals surface area contributed by atoms with Crippen molar-refractivity contribution in [1.82, 2.24) is 4.90 Å². The molecule has 11 heavy (non-hydrogen) atoms. The molecule has 1 fully saturated rings. The van der Waals surface area contributed by atoms with E-state index < -0.39 is 5.97 Å². The molecule has 1 heterocycles. The average Bonchev–Trinajstić information content (AvgIpc) is 2.32. The minimum absolute atomic E-state index is 0.168. The molecule has 0 aliphatic carbocycles. The third kappa shape index (κ3) is 1.84. The highest BCUT2D eigenvalue weighted by Crippen LogP contribution is 2.21. The molecule has 0 radical (unpaired) electrons. The molecule has 1 N–H and O–H groups in total. The van der Waals surface area contributed by atoms with E-state index in [0.29, 0.717) is 0 Å². The Kier molecular flexibility index (Phi) is 2.73. The molecule has 0 unspecified atom stereocenters. The van der Waals surface area contributed by atoms with Gasteiger partial charge in [0, 0.05) is 6.54 Å². The predicted molar refractivity (Wildman–Crippen MR) is 42.7 cm³/mol. The van der Waals surface area contributed by atoms with E-state index in [1.807, 2.05) is 11.8 Å². The van der Waals surface area contributed by atoms with E-state index in [4.69, 9.17) is 16.7 Å². The third-order valence-corrected chi connectivity index (χ3v) is 2.29. The van der Waals surface area contributed by atoms with Crippen LogP contribution in [-0.4, -0.2) is 34.1 Å². The Labute approximate surface area is 70.9 Å². The first-order chi connectivity index (χ1) is 5.13. The van der Waals surface area contributed by atoms with E-state index >= 15 is 0 Å². The maximum Gasteiger partial charge on any atom is 0.320 e. The van der Waals surface area contributed by atoms with Gasteiger partial charge >= 0.3 is 5.97 Å². The average molecular weight is 178 g/mol. The van der Waals surface area contributed by atoms with Crippen LogP contribution in [0.2, 0.25) is 0 Å². The second-order valence-corrected chi connectivity index (χ2v) is 3.44. The number of carboxylic acid groups (broad SMARTS) is 1. The summed E-state index contributed by atoms with van der Waals surface area (Å²) in [5.41, 5.74) is -0.168. The van der Waals surface area contributed by atoms with Gasteiger partial charge in [-0.05, 0) is 19.8 Å². The molecule has 0 aromatic heterocycles.